The molecule has 2 aliphatic heterocycles. The van der Waals surface area contributed by atoms with Gasteiger partial charge < -0.3 is 15.3 Å². The van der Waals surface area contributed by atoms with Crippen molar-refractivity contribution >= 4 is 12.2 Å². The summed E-state index contributed by atoms with van der Waals surface area (Å²) < 4.78 is 5.24. The summed E-state index contributed by atoms with van der Waals surface area (Å²) in [4.78, 5) is 24.3. The summed E-state index contributed by atoms with van der Waals surface area (Å²) in [6.07, 6.45) is 3.07. The third-order valence-corrected chi connectivity index (χ3v) is 3.50. The highest BCUT2D eigenvalue weighted by atomic mass is 16.5. The van der Waals surface area contributed by atoms with Crippen LogP contribution < -0.4 is 5.73 Å². The van der Waals surface area contributed by atoms with Crippen molar-refractivity contribution in [3.8, 4) is 0 Å². The lowest BCUT2D eigenvalue weighted by Crippen LogP contribution is -2.66. The largest absolute Gasteiger partial charge is 0.381 e. The second kappa shape index (κ2) is 3.90. The molecule has 2 saturated heterocycles. The first-order valence-electron chi connectivity index (χ1n) is 5.30. The molecule has 15 heavy (non-hydrogen) atoms. The van der Waals surface area contributed by atoms with Gasteiger partial charge in [-0.05, 0) is 19.3 Å². The zero-order valence-corrected chi connectivity index (χ0v) is 8.65. The molecule has 84 valence electrons. The number of nitrogens with zero attached hydrogens (tertiary/aromatic N) is 1. The molecular weight excluding hydrogens is 196 g/mol. The van der Waals surface area contributed by atoms with E-state index in [1.807, 2.05) is 4.90 Å². The number of nitrogens with two attached hydrogens (primary N) is 1. The van der Waals surface area contributed by atoms with E-state index in [1.165, 1.54) is 0 Å². The Hall–Kier alpha value is -0.940. The number of ether oxygens (including phenoxy) is 1. The van der Waals surface area contributed by atoms with E-state index >= 15 is 0 Å². The molecule has 0 spiro atoms. The molecule has 0 saturated carbocycles. The van der Waals surface area contributed by atoms with Gasteiger partial charge in [0.2, 0.25) is 5.91 Å². The molecule has 2 rings (SSSR count). The van der Waals surface area contributed by atoms with Gasteiger partial charge in [0, 0.05) is 19.8 Å². The van der Waals surface area contributed by atoms with Gasteiger partial charge in [-0.25, -0.2) is 0 Å². The topological polar surface area (TPSA) is 72.6 Å². The number of carbonyl (C=O) groups is 2. The van der Waals surface area contributed by atoms with Crippen LogP contribution in [0.25, 0.3) is 0 Å². The molecule has 0 aliphatic carbocycles. The number of aldehydes is 1. The van der Waals surface area contributed by atoms with Gasteiger partial charge in [-0.1, -0.05) is 0 Å². The highest BCUT2D eigenvalue weighted by Crippen LogP contribution is 2.33. The zero-order chi connectivity index (χ0) is 10.9. The maximum absolute atomic E-state index is 11.2. The van der Waals surface area contributed by atoms with E-state index in [9.17, 15) is 9.59 Å². The third kappa shape index (κ3) is 1.66. The van der Waals surface area contributed by atoms with Gasteiger partial charge in [0.05, 0.1) is 11.6 Å². The second-order valence-electron chi connectivity index (χ2n) is 4.23. The van der Waals surface area contributed by atoms with Gasteiger partial charge in [-0.3, -0.25) is 9.69 Å². The quantitative estimate of drug-likeness (QED) is 0.627. The second-order valence-corrected chi connectivity index (χ2v) is 4.23. The Bertz CT molecular complexity index is 274. The number of likely N-dealkylation sites (tertiary alicyclic amines) is 1. The molecule has 0 aromatic heterocycles. The van der Waals surface area contributed by atoms with Crippen molar-refractivity contribution in [1.82, 2.24) is 4.90 Å². The van der Waals surface area contributed by atoms with Crippen molar-refractivity contribution in [2.24, 2.45) is 5.73 Å². The van der Waals surface area contributed by atoms with Crippen LogP contribution in [-0.4, -0.2) is 48.4 Å². The SMILES string of the molecule is NC(=O)C1CCN1C1(C=O)CCOCC1. The van der Waals surface area contributed by atoms with E-state index in [1.54, 1.807) is 0 Å². The van der Waals surface area contributed by atoms with E-state index in [0.29, 0.717) is 26.1 Å². The molecular formula is C10H16N2O3. The van der Waals surface area contributed by atoms with E-state index in [-0.39, 0.29) is 11.9 Å². The minimum absolute atomic E-state index is 0.256. The fraction of sp³-hybridized carbons (Fsp3) is 0.800. The van der Waals surface area contributed by atoms with E-state index < -0.39 is 5.54 Å². The third-order valence-electron chi connectivity index (χ3n) is 3.50. The summed E-state index contributed by atoms with van der Waals surface area (Å²) in [7, 11) is 0. The molecule has 0 aromatic rings. The maximum atomic E-state index is 11.2. The van der Waals surface area contributed by atoms with E-state index in [0.717, 1.165) is 19.3 Å². The molecule has 1 amide bonds. The monoisotopic (exact) mass is 212 g/mol. The van der Waals surface area contributed by atoms with Gasteiger partial charge in [0.25, 0.3) is 0 Å². The molecule has 2 heterocycles. The van der Waals surface area contributed by atoms with Crippen LogP contribution in [0.2, 0.25) is 0 Å². The van der Waals surface area contributed by atoms with Crippen LogP contribution in [0, 0.1) is 0 Å². The summed E-state index contributed by atoms with van der Waals surface area (Å²) in [5.74, 6) is -0.325. The van der Waals surface area contributed by atoms with Gasteiger partial charge in [0.15, 0.2) is 0 Å². The molecule has 0 bridgehead atoms. The van der Waals surface area contributed by atoms with Gasteiger partial charge in [-0.15, -0.1) is 0 Å². The number of hydrogen-bond donors (Lipinski definition) is 1. The Kier molecular flexibility index (Phi) is 2.75. The maximum Gasteiger partial charge on any atom is 0.234 e. The summed E-state index contributed by atoms with van der Waals surface area (Å²) in [6.45, 7) is 1.95. The van der Waals surface area contributed by atoms with E-state index in [2.05, 4.69) is 0 Å². The van der Waals surface area contributed by atoms with Crippen LogP contribution in [0.1, 0.15) is 19.3 Å². The summed E-state index contributed by atoms with van der Waals surface area (Å²) in [6, 6.07) is -0.256. The highest BCUT2D eigenvalue weighted by Gasteiger charge is 2.47. The van der Waals surface area contributed by atoms with Crippen molar-refractivity contribution < 1.29 is 14.3 Å². The fourth-order valence-electron chi connectivity index (χ4n) is 2.41. The first-order valence-corrected chi connectivity index (χ1v) is 5.30. The lowest BCUT2D eigenvalue weighted by atomic mass is 9.83. The molecule has 2 fully saturated rings. The van der Waals surface area contributed by atoms with Crippen molar-refractivity contribution in [3.63, 3.8) is 0 Å². The standard InChI is InChI=1S/C10H16N2O3/c11-9(14)8-1-4-12(8)10(7-13)2-5-15-6-3-10/h7-8H,1-6H2,(H2,11,14). The van der Waals surface area contributed by atoms with Crippen LogP contribution in [0.4, 0.5) is 0 Å². The first kappa shape index (κ1) is 10.6. The summed E-state index contributed by atoms with van der Waals surface area (Å²) >= 11 is 0. The lowest BCUT2D eigenvalue weighted by molar-refractivity contribution is -0.146. The molecule has 1 unspecified atom stereocenters. The van der Waals surface area contributed by atoms with Crippen LogP contribution in [0.3, 0.4) is 0 Å². The van der Waals surface area contributed by atoms with Crippen molar-refractivity contribution in [3.05, 3.63) is 0 Å². The average Bonchev–Trinajstić information content (AvgIpc) is 2.16. The lowest BCUT2D eigenvalue weighted by Gasteiger charge is -2.51. The fourth-order valence-corrected chi connectivity index (χ4v) is 2.41. The van der Waals surface area contributed by atoms with Crippen molar-refractivity contribution in [2.75, 3.05) is 19.8 Å². The Balaban J connectivity index is 2.11. The molecule has 5 nitrogen and oxygen atoms in total. The predicted octanol–water partition coefficient (Wildman–Crippen LogP) is -0.706. The van der Waals surface area contributed by atoms with Crippen LogP contribution in [-0.2, 0) is 14.3 Å². The van der Waals surface area contributed by atoms with Gasteiger partial charge >= 0.3 is 0 Å². The molecule has 0 aromatic carbocycles. The number of amides is 1. The molecule has 2 N–H and O–H groups in total. The summed E-state index contributed by atoms with van der Waals surface area (Å²) in [5.41, 5.74) is 4.78. The minimum atomic E-state index is -0.504. The predicted molar refractivity (Wildman–Crippen MR) is 53.2 cm³/mol. The van der Waals surface area contributed by atoms with Crippen molar-refractivity contribution in [1.29, 1.82) is 0 Å². The van der Waals surface area contributed by atoms with Crippen LogP contribution in [0.5, 0.6) is 0 Å². The highest BCUT2D eigenvalue weighted by molar-refractivity contribution is 5.82. The van der Waals surface area contributed by atoms with Crippen LogP contribution in [0.15, 0.2) is 0 Å². The number of carbonyl (C=O) groups excluding carboxylic acids is 2. The smallest absolute Gasteiger partial charge is 0.234 e. The summed E-state index contributed by atoms with van der Waals surface area (Å²) in [5, 5.41) is 0. The molecule has 2 aliphatic rings. The van der Waals surface area contributed by atoms with Gasteiger partial charge in [0.1, 0.15) is 6.29 Å². The normalized spacial score (nSPS) is 30.5. The Morgan fingerprint density at radius 2 is 2.13 bits per heavy atom. The molecule has 1 atom stereocenters. The number of hydrogen-bond acceptors (Lipinski definition) is 4. The Morgan fingerprint density at radius 1 is 1.47 bits per heavy atom. The Morgan fingerprint density at radius 3 is 2.53 bits per heavy atom. The number of primary amides is 1. The first-order chi connectivity index (χ1) is 7.19. The molecule has 0 radical (unpaired) electrons. The van der Waals surface area contributed by atoms with Gasteiger partial charge in [-0.2, -0.15) is 0 Å². The van der Waals surface area contributed by atoms with Crippen LogP contribution >= 0.6 is 0 Å². The average molecular weight is 212 g/mol. The number of rotatable bonds is 3. The minimum Gasteiger partial charge on any atom is -0.381 e. The molecule has 5 heteroatoms. The van der Waals surface area contributed by atoms with E-state index in [4.69, 9.17) is 10.5 Å². The zero-order valence-electron chi connectivity index (χ0n) is 8.65. The van der Waals surface area contributed by atoms with Crippen molar-refractivity contribution in [2.45, 2.75) is 30.8 Å². The Labute approximate surface area is 88.5 Å².